The molecule has 8 nitrogen and oxygen atoms in total. The van der Waals surface area contributed by atoms with Gasteiger partial charge in [-0.05, 0) is 42.0 Å². The van der Waals surface area contributed by atoms with Crippen LogP contribution in [-0.4, -0.2) is 25.7 Å². The second-order valence-corrected chi connectivity index (χ2v) is 7.42. The van der Waals surface area contributed by atoms with Crippen LogP contribution in [0.3, 0.4) is 0 Å². The maximum atomic E-state index is 14.1. The first-order chi connectivity index (χ1) is 15.9. The molecule has 2 aromatic heterocycles. The van der Waals surface area contributed by atoms with E-state index in [9.17, 15) is 9.18 Å². The van der Waals surface area contributed by atoms with Crippen molar-refractivity contribution in [1.82, 2.24) is 19.7 Å². The number of carbonyl (C=O) groups is 1. The first-order valence-electron chi connectivity index (χ1n) is 9.80. The fraction of sp³-hybridized carbons (Fsp3) is 0.0435. The molecule has 1 amide bonds. The van der Waals surface area contributed by atoms with Crippen LogP contribution in [0.1, 0.15) is 0 Å². The van der Waals surface area contributed by atoms with Gasteiger partial charge in [0.2, 0.25) is 11.9 Å². The highest BCUT2D eigenvalue weighted by Crippen LogP contribution is 2.32. The minimum atomic E-state index is -0.549. The third-order valence-electron chi connectivity index (χ3n) is 4.56. The van der Waals surface area contributed by atoms with Crippen molar-refractivity contribution in [2.75, 3.05) is 16.0 Å². The van der Waals surface area contributed by atoms with Crippen molar-refractivity contribution in [2.45, 2.75) is 0 Å². The van der Waals surface area contributed by atoms with Gasteiger partial charge in [0.15, 0.2) is 0 Å². The van der Waals surface area contributed by atoms with Gasteiger partial charge in [-0.25, -0.2) is 9.37 Å². The van der Waals surface area contributed by atoms with Gasteiger partial charge in [-0.1, -0.05) is 30.3 Å². The second-order valence-electron chi connectivity index (χ2n) is 7.01. The van der Waals surface area contributed by atoms with E-state index >= 15 is 0 Å². The lowest BCUT2D eigenvalue weighted by Gasteiger charge is -2.14. The maximum absolute atomic E-state index is 14.1. The van der Waals surface area contributed by atoms with Crippen molar-refractivity contribution in [2.24, 2.45) is 7.05 Å². The third kappa shape index (κ3) is 5.34. The summed E-state index contributed by atoms with van der Waals surface area (Å²) in [5.74, 6) is -0.133. The van der Waals surface area contributed by atoms with Crippen LogP contribution in [0.25, 0.3) is 11.1 Å². The predicted molar refractivity (Wildman–Crippen MR) is 127 cm³/mol. The van der Waals surface area contributed by atoms with E-state index in [-0.39, 0.29) is 10.9 Å². The van der Waals surface area contributed by atoms with Gasteiger partial charge in [-0.2, -0.15) is 10.1 Å². The molecule has 0 unspecified atom stereocenters. The molecule has 0 radical (unpaired) electrons. The first-order valence-corrected chi connectivity index (χ1v) is 10.2. The molecule has 166 valence electrons. The standard InChI is InChI=1S/C23H19ClFN7O/c1-3-21(33)28-15-5-4-6-16(10-15)29-22-18(14-7-8-19(24)20(25)9-14)12-26-23(31-22)30-17-11-27-32(2)13-17/h3-13H,1H2,2H3,(H,28,33)(H2,26,29,30,31). The Morgan fingerprint density at radius 2 is 1.94 bits per heavy atom. The summed E-state index contributed by atoms with van der Waals surface area (Å²) in [6, 6.07) is 11.6. The summed E-state index contributed by atoms with van der Waals surface area (Å²) in [7, 11) is 1.80. The molecule has 3 N–H and O–H groups in total. The molecule has 0 fully saturated rings. The van der Waals surface area contributed by atoms with Crippen molar-refractivity contribution in [3.63, 3.8) is 0 Å². The highest BCUT2D eigenvalue weighted by Gasteiger charge is 2.13. The second kappa shape index (κ2) is 9.49. The van der Waals surface area contributed by atoms with Crippen molar-refractivity contribution >= 4 is 46.3 Å². The zero-order chi connectivity index (χ0) is 23.4. The van der Waals surface area contributed by atoms with E-state index in [0.29, 0.717) is 40.0 Å². The monoisotopic (exact) mass is 463 g/mol. The average molecular weight is 464 g/mol. The van der Waals surface area contributed by atoms with E-state index in [1.54, 1.807) is 54.6 Å². The average Bonchev–Trinajstić information content (AvgIpc) is 3.20. The summed E-state index contributed by atoms with van der Waals surface area (Å²) >= 11 is 5.84. The quantitative estimate of drug-likeness (QED) is 0.322. The van der Waals surface area contributed by atoms with Crippen LogP contribution in [0, 0.1) is 5.82 Å². The summed E-state index contributed by atoms with van der Waals surface area (Å²) < 4.78 is 15.8. The molecule has 4 aromatic rings. The number of hydrogen-bond donors (Lipinski definition) is 3. The summed E-state index contributed by atoms with van der Waals surface area (Å²) in [6.45, 7) is 3.45. The number of aromatic nitrogens is 4. The number of nitrogens with one attached hydrogen (secondary N) is 3. The zero-order valence-corrected chi connectivity index (χ0v) is 18.3. The molecule has 10 heteroatoms. The first kappa shape index (κ1) is 22.0. The van der Waals surface area contributed by atoms with Crippen LogP contribution >= 0.6 is 11.6 Å². The number of rotatable bonds is 7. The lowest BCUT2D eigenvalue weighted by Crippen LogP contribution is -2.07. The molecule has 0 atom stereocenters. The van der Waals surface area contributed by atoms with Crippen LogP contribution in [0.5, 0.6) is 0 Å². The van der Waals surface area contributed by atoms with Gasteiger partial charge in [-0.15, -0.1) is 0 Å². The summed E-state index contributed by atoms with van der Waals surface area (Å²) in [4.78, 5) is 20.6. The Labute approximate surface area is 194 Å². The number of halogens is 2. The van der Waals surface area contributed by atoms with E-state index in [1.807, 2.05) is 6.07 Å². The van der Waals surface area contributed by atoms with Gasteiger partial charge in [0.25, 0.3) is 0 Å². The molecule has 0 saturated carbocycles. The van der Waals surface area contributed by atoms with Gasteiger partial charge < -0.3 is 16.0 Å². The van der Waals surface area contributed by atoms with Crippen molar-refractivity contribution in [3.8, 4) is 11.1 Å². The van der Waals surface area contributed by atoms with E-state index in [0.717, 1.165) is 0 Å². The summed E-state index contributed by atoms with van der Waals surface area (Å²) in [6.07, 6.45) is 6.20. The van der Waals surface area contributed by atoms with E-state index in [2.05, 4.69) is 37.6 Å². The number of anilines is 5. The number of amides is 1. The van der Waals surface area contributed by atoms with E-state index in [1.165, 1.54) is 18.2 Å². The van der Waals surface area contributed by atoms with Gasteiger partial charge in [-0.3, -0.25) is 9.48 Å². The molecule has 33 heavy (non-hydrogen) atoms. The van der Waals surface area contributed by atoms with Crippen molar-refractivity contribution in [3.05, 3.63) is 84.5 Å². The van der Waals surface area contributed by atoms with Gasteiger partial charge in [0, 0.05) is 36.4 Å². The topological polar surface area (TPSA) is 96.8 Å². The lowest BCUT2D eigenvalue weighted by atomic mass is 10.1. The highest BCUT2D eigenvalue weighted by molar-refractivity contribution is 6.30. The molecule has 0 aliphatic rings. The minimum Gasteiger partial charge on any atom is -0.339 e. The van der Waals surface area contributed by atoms with Crippen molar-refractivity contribution < 1.29 is 9.18 Å². The largest absolute Gasteiger partial charge is 0.339 e. The fourth-order valence-electron chi connectivity index (χ4n) is 3.03. The highest BCUT2D eigenvalue weighted by atomic mass is 35.5. The number of nitrogens with zero attached hydrogens (tertiary/aromatic N) is 4. The van der Waals surface area contributed by atoms with Gasteiger partial charge in [0.05, 0.1) is 16.9 Å². The van der Waals surface area contributed by atoms with Gasteiger partial charge >= 0.3 is 0 Å². The molecular formula is C23H19ClFN7O. The zero-order valence-electron chi connectivity index (χ0n) is 17.5. The Hall–Kier alpha value is -4.24. The molecule has 0 saturated heterocycles. The normalized spacial score (nSPS) is 10.5. The number of aryl methyl sites for hydroxylation is 1. The lowest BCUT2D eigenvalue weighted by molar-refractivity contribution is -0.111. The Bertz CT molecular complexity index is 1340. The van der Waals surface area contributed by atoms with E-state index in [4.69, 9.17) is 11.6 Å². The van der Waals surface area contributed by atoms with E-state index < -0.39 is 5.82 Å². The number of carbonyl (C=O) groups excluding carboxylic acids is 1. The van der Waals surface area contributed by atoms with Gasteiger partial charge in [0.1, 0.15) is 11.6 Å². The van der Waals surface area contributed by atoms with Crippen LogP contribution in [-0.2, 0) is 11.8 Å². The minimum absolute atomic E-state index is 0.0229. The Morgan fingerprint density at radius 1 is 1.12 bits per heavy atom. The number of hydrogen-bond acceptors (Lipinski definition) is 6. The molecule has 2 aromatic carbocycles. The third-order valence-corrected chi connectivity index (χ3v) is 4.87. The van der Waals surface area contributed by atoms with Crippen LogP contribution < -0.4 is 16.0 Å². The molecule has 0 aliphatic carbocycles. The Kier molecular flexibility index (Phi) is 6.32. The molecule has 0 bridgehead atoms. The SMILES string of the molecule is C=CC(=O)Nc1cccc(Nc2nc(Nc3cnn(C)c3)ncc2-c2ccc(Cl)c(F)c2)c1. The Morgan fingerprint density at radius 3 is 2.67 bits per heavy atom. The predicted octanol–water partition coefficient (Wildman–Crippen LogP) is 5.28. The molecule has 0 spiro atoms. The van der Waals surface area contributed by atoms with Crippen LogP contribution in [0.2, 0.25) is 5.02 Å². The molecule has 2 heterocycles. The molecule has 4 rings (SSSR count). The smallest absolute Gasteiger partial charge is 0.247 e. The summed E-state index contributed by atoms with van der Waals surface area (Å²) in [5, 5.41) is 13.2. The molecule has 0 aliphatic heterocycles. The Balaban J connectivity index is 1.71. The summed E-state index contributed by atoms with van der Waals surface area (Å²) in [5.41, 5.74) is 3.04. The molecular weight excluding hydrogens is 445 g/mol. The maximum Gasteiger partial charge on any atom is 0.247 e. The van der Waals surface area contributed by atoms with Crippen molar-refractivity contribution in [1.29, 1.82) is 0 Å². The van der Waals surface area contributed by atoms with Crippen LogP contribution in [0.15, 0.2) is 73.7 Å². The fourth-order valence-corrected chi connectivity index (χ4v) is 3.15. The number of benzene rings is 2. The van der Waals surface area contributed by atoms with Crippen LogP contribution in [0.4, 0.5) is 33.2 Å².